The third-order valence-corrected chi connectivity index (χ3v) is 4.85. The van der Waals surface area contributed by atoms with Crippen LogP contribution in [0, 0.1) is 25.5 Å². The molecule has 0 aliphatic heterocycles. The molecule has 166 valence electrons. The van der Waals surface area contributed by atoms with Crippen LogP contribution in [0.2, 0.25) is 5.02 Å². The number of nitrogens with one attached hydrogen (secondary N) is 1. The Labute approximate surface area is 186 Å². The van der Waals surface area contributed by atoms with Gasteiger partial charge < -0.3 is 14.5 Å². The first kappa shape index (κ1) is 21.6. The van der Waals surface area contributed by atoms with Crippen LogP contribution in [0.25, 0.3) is 0 Å². The van der Waals surface area contributed by atoms with Crippen LogP contribution < -0.4 is 10.1 Å². The number of ether oxygens (including phenoxy) is 1. The van der Waals surface area contributed by atoms with Gasteiger partial charge in [0.05, 0.1) is 28.3 Å². The van der Waals surface area contributed by atoms with Gasteiger partial charge in [-0.3, -0.25) is 4.79 Å². The Morgan fingerprint density at radius 1 is 1.25 bits per heavy atom. The van der Waals surface area contributed by atoms with E-state index in [0.717, 1.165) is 17.8 Å². The largest absolute Gasteiger partial charge is 0.483 e. The van der Waals surface area contributed by atoms with E-state index in [9.17, 15) is 13.6 Å². The molecule has 0 saturated carbocycles. The molecule has 32 heavy (non-hydrogen) atoms. The van der Waals surface area contributed by atoms with Crippen molar-refractivity contribution >= 4 is 23.2 Å². The Kier molecular flexibility index (Phi) is 5.95. The zero-order valence-corrected chi connectivity index (χ0v) is 17.9. The lowest BCUT2D eigenvalue weighted by molar-refractivity contribution is 0.0992. The minimum Gasteiger partial charge on any atom is -0.483 e. The van der Waals surface area contributed by atoms with Crippen molar-refractivity contribution in [3.63, 3.8) is 0 Å². The minimum absolute atomic E-state index is 0.0496. The van der Waals surface area contributed by atoms with Gasteiger partial charge in [0.1, 0.15) is 24.9 Å². The van der Waals surface area contributed by atoms with Crippen LogP contribution >= 0.6 is 11.6 Å². The van der Waals surface area contributed by atoms with E-state index in [1.807, 2.05) is 6.92 Å². The fraction of sp³-hybridized carbons (Fsp3) is 0.190. The Hall–Kier alpha value is -3.66. The van der Waals surface area contributed by atoms with Gasteiger partial charge in [-0.1, -0.05) is 11.6 Å². The van der Waals surface area contributed by atoms with Crippen LogP contribution in [-0.4, -0.2) is 25.5 Å². The van der Waals surface area contributed by atoms with E-state index in [4.69, 9.17) is 20.8 Å². The van der Waals surface area contributed by atoms with Crippen LogP contribution in [0.15, 0.2) is 47.1 Å². The molecule has 1 amide bonds. The van der Waals surface area contributed by atoms with E-state index in [0.29, 0.717) is 28.8 Å². The molecule has 3 heterocycles. The molecular weight excluding hydrogens is 444 g/mol. The number of hydrogen-bond donors (Lipinski definition) is 1. The smallest absolute Gasteiger partial charge is 0.291 e. The summed E-state index contributed by atoms with van der Waals surface area (Å²) in [6.07, 6.45) is 3.19. The zero-order valence-electron chi connectivity index (χ0n) is 17.1. The zero-order chi connectivity index (χ0) is 22.8. The molecule has 0 aliphatic carbocycles. The molecule has 4 aromatic rings. The maximum Gasteiger partial charge on any atom is 0.291 e. The van der Waals surface area contributed by atoms with Crippen molar-refractivity contribution in [2.45, 2.75) is 27.1 Å². The molecule has 1 N–H and O–H groups in total. The van der Waals surface area contributed by atoms with Crippen LogP contribution in [0.3, 0.4) is 0 Å². The summed E-state index contributed by atoms with van der Waals surface area (Å²) >= 11 is 5.89. The number of anilines is 1. The number of aryl methyl sites for hydroxylation is 1. The van der Waals surface area contributed by atoms with Gasteiger partial charge in [0.25, 0.3) is 5.91 Å². The van der Waals surface area contributed by atoms with E-state index >= 15 is 0 Å². The molecule has 3 aromatic heterocycles. The second kappa shape index (κ2) is 8.83. The molecule has 8 nitrogen and oxygen atoms in total. The SMILES string of the molecule is Cc1nn(Cn2cc(Cl)cn2)c(C)c1NC(=O)c1ccc(COc2ccc(F)cc2F)o1. The Bertz CT molecular complexity index is 1280. The number of halogens is 3. The monoisotopic (exact) mass is 461 g/mol. The van der Waals surface area contributed by atoms with Gasteiger partial charge in [-0.25, -0.2) is 18.1 Å². The Balaban J connectivity index is 1.41. The summed E-state index contributed by atoms with van der Waals surface area (Å²) < 4.78 is 40.7. The van der Waals surface area contributed by atoms with Crippen molar-refractivity contribution in [2.24, 2.45) is 0 Å². The van der Waals surface area contributed by atoms with Crippen LogP contribution in [-0.2, 0) is 13.3 Å². The first-order valence-electron chi connectivity index (χ1n) is 9.50. The maximum absolute atomic E-state index is 13.7. The average molecular weight is 462 g/mol. The molecule has 11 heteroatoms. The van der Waals surface area contributed by atoms with Crippen molar-refractivity contribution < 1.29 is 22.7 Å². The van der Waals surface area contributed by atoms with Crippen LogP contribution in [0.4, 0.5) is 14.5 Å². The lowest BCUT2D eigenvalue weighted by atomic mass is 10.3. The van der Waals surface area contributed by atoms with Gasteiger partial charge >= 0.3 is 0 Å². The first-order chi connectivity index (χ1) is 15.3. The van der Waals surface area contributed by atoms with Crippen LogP contribution in [0.5, 0.6) is 5.75 Å². The topological polar surface area (TPSA) is 87.1 Å². The third-order valence-electron chi connectivity index (χ3n) is 4.65. The molecule has 1 aromatic carbocycles. The molecule has 0 unspecified atom stereocenters. The van der Waals surface area contributed by atoms with E-state index in [1.54, 1.807) is 28.6 Å². The molecule has 0 spiro atoms. The number of nitrogens with zero attached hydrogens (tertiary/aromatic N) is 4. The number of carbonyl (C=O) groups excluding carboxylic acids is 1. The standard InChI is InChI=1S/C21H18ClF2N5O3/c1-12-20(13(2)29(27-12)11-28-9-14(22)8-25-28)26-21(30)19-6-4-16(32-19)10-31-18-5-3-15(23)7-17(18)24/h3-9H,10-11H2,1-2H3,(H,26,30). The summed E-state index contributed by atoms with van der Waals surface area (Å²) in [7, 11) is 0. The molecular formula is C21H18ClF2N5O3. The van der Waals surface area contributed by atoms with Gasteiger partial charge in [-0.15, -0.1) is 0 Å². The number of carbonyl (C=O) groups is 1. The second-order valence-electron chi connectivity index (χ2n) is 6.97. The minimum atomic E-state index is -0.824. The highest BCUT2D eigenvalue weighted by Gasteiger charge is 2.18. The number of amides is 1. The quantitative estimate of drug-likeness (QED) is 0.436. The summed E-state index contributed by atoms with van der Waals surface area (Å²) in [6.45, 7) is 3.79. The maximum atomic E-state index is 13.7. The van der Waals surface area contributed by atoms with E-state index in [-0.39, 0.29) is 18.1 Å². The molecule has 0 aliphatic rings. The predicted octanol–water partition coefficient (Wildman–Crippen LogP) is 4.56. The molecule has 4 rings (SSSR count). The average Bonchev–Trinajstić information content (AvgIpc) is 3.44. The summed E-state index contributed by atoms with van der Waals surface area (Å²) in [6, 6.07) is 6.02. The fourth-order valence-corrected chi connectivity index (χ4v) is 3.22. The second-order valence-corrected chi connectivity index (χ2v) is 7.40. The summed E-state index contributed by atoms with van der Waals surface area (Å²) in [5.41, 5.74) is 1.90. The molecule has 0 radical (unpaired) electrons. The van der Waals surface area contributed by atoms with Gasteiger partial charge in [0, 0.05) is 12.3 Å². The number of furan rings is 1. The molecule has 0 fully saturated rings. The lowest BCUT2D eigenvalue weighted by Gasteiger charge is -2.07. The van der Waals surface area contributed by atoms with Gasteiger partial charge in [0.15, 0.2) is 17.3 Å². The number of aromatic nitrogens is 4. The lowest BCUT2D eigenvalue weighted by Crippen LogP contribution is -2.14. The van der Waals surface area contributed by atoms with Crippen molar-refractivity contribution in [3.8, 4) is 5.75 Å². The van der Waals surface area contributed by atoms with Crippen molar-refractivity contribution in [2.75, 3.05) is 5.32 Å². The predicted molar refractivity (Wildman–Crippen MR) is 112 cm³/mol. The van der Waals surface area contributed by atoms with Crippen molar-refractivity contribution in [1.82, 2.24) is 19.6 Å². The van der Waals surface area contributed by atoms with Gasteiger partial charge in [-0.05, 0) is 38.1 Å². The van der Waals surface area contributed by atoms with Crippen molar-refractivity contribution in [1.29, 1.82) is 0 Å². The highest BCUT2D eigenvalue weighted by Crippen LogP contribution is 2.22. The Morgan fingerprint density at radius 3 is 2.78 bits per heavy atom. The van der Waals surface area contributed by atoms with E-state index < -0.39 is 17.5 Å². The van der Waals surface area contributed by atoms with Gasteiger partial charge in [-0.2, -0.15) is 10.2 Å². The number of rotatable bonds is 7. The molecule has 0 saturated heterocycles. The van der Waals surface area contributed by atoms with Crippen LogP contribution in [0.1, 0.15) is 27.7 Å². The number of benzene rings is 1. The van der Waals surface area contributed by atoms with E-state index in [1.165, 1.54) is 18.3 Å². The van der Waals surface area contributed by atoms with Gasteiger partial charge in [0.2, 0.25) is 0 Å². The summed E-state index contributed by atoms with van der Waals surface area (Å²) in [4.78, 5) is 12.6. The van der Waals surface area contributed by atoms with Crippen molar-refractivity contribution in [3.05, 3.63) is 82.3 Å². The highest BCUT2D eigenvalue weighted by molar-refractivity contribution is 6.30. The summed E-state index contributed by atoms with van der Waals surface area (Å²) in [5.74, 6) is -1.76. The number of hydrogen-bond acceptors (Lipinski definition) is 5. The highest BCUT2D eigenvalue weighted by atomic mass is 35.5. The first-order valence-corrected chi connectivity index (χ1v) is 9.88. The summed E-state index contributed by atoms with van der Waals surface area (Å²) in [5, 5.41) is 11.9. The molecule has 0 atom stereocenters. The Morgan fingerprint density at radius 2 is 2.06 bits per heavy atom. The fourth-order valence-electron chi connectivity index (χ4n) is 3.06. The molecule has 0 bridgehead atoms. The van der Waals surface area contributed by atoms with E-state index in [2.05, 4.69) is 15.5 Å². The normalized spacial score (nSPS) is 11.0. The third kappa shape index (κ3) is 4.65.